The van der Waals surface area contributed by atoms with E-state index >= 15 is 0 Å². The van der Waals surface area contributed by atoms with E-state index in [2.05, 4.69) is 73.9 Å². The summed E-state index contributed by atoms with van der Waals surface area (Å²) in [5.74, 6) is 0.215. The van der Waals surface area contributed by atoms with Crippen LogP contribution < -0.4 is 0 Å². The van der Waals surface area contributed by atoms with Gasteiger partial charge in [0.2, 0.25) is 0 Å². The van der Waals surface area contributed by atoms with Crippen LogP contribution in [0, 0.1) is 0 Å². The summed E-state index contributed by atoms with van der Waals surface area (Å²) in [6.07, 6.45) is 0. The van der Waals surface area contributed by atoms with Crippen LogP contribution in [0.15, 0.2) is 52.4 Å². The van der Waals surface area contributed by atoms with E-state index in [0.29, 0.717) is 20.1 Å². The Kier molecular flexibility index (Phi) is 12.1. The van der Waals surface area contributed by atoms with Crippen LogP contribution in [0.4, 0.5) is 0 Å². The van der Waals surface area contributed by atoms with Gasteiger partial charge in [0, 0.05) is 33.2 Å². The monoisotopic (exact) mass is 646 g/mol. The molecule has 2 rings (SSSR count). The Morgan fingerprint density at radius 2 is 1.04 bits per heavy atom. The molecule has 2 aromatic carbocycles. The fourth-order valence-corrected chi connectivity index (χ4v) is 4.26. The summed E-state index contributed by atoms with van der Waals surface area (Å²) in [6.45, 7) is 0.174. The number of hydrogen-bond acceptors (Lipinski definition) is 4. The molecule has 6 nitrogen and oxygen atoms in total. The van der Waals surface area contributed by atoms with Gasteiger partial charge in [-0.05, 0) is 56.1 Å². The number of benzene rings is 2. The Morgan fingerprint density at radius 1 is 0.720 bits per heavy atom. The average Bonchev–Trinajstić information content (AvgIpc) is 2.50. The molecular formula is C14H10Br4N4O2Zn. The maximum absolute atomic E-state index is 9.41. The maximum atomic E-state index is 9.41. The molecule has 2 aromatic rings. The molecule has 2 N–H and O–H groups in total. The normalized spacial score (nSPS) is 9.44. The molecule has 0 aliphatic rings. The summed E-state index contributed by atoms with van der Waals surface area (Å²) in [5, 5.41) is 24.7. The second-order valence-electron chi connectivity index (χ2n) is 4.39. The van der Waals surface area contributed by atoms with Crippen molar-refractivity contribution in [3.8, 4) is 11.5 Å². The minimum atomic E-state index is 0. The van der Waals surface area contributed by atoms with Crippen LogP contribution in [0.2, 0.25) is 0 Å². The molecular weight excluding hydrogens is 641 g/mol. The van der Waals surface area contributed by atoms with Crippen LogP contribution in [-0.2, 0) is 32.6 Å². The Balaban J connectivity index is 0.000000443. The third-order valence-corrected chi connectivity index (χ3v) is 4.82. The smallest absolute Gasteiger partial charge is 0.712 e. The number of phenolic OH excluding ortho intramolecular Hbond substituents is 2. The summed E-state index contributed by atoms with van der Waals surface area (Å²) >= 11 is 12.8. The first kappa shape index (κ1) is 24.8. The second kappa shape index (κ2) is 12.2. The Labute approximate surface area is 191 Å². The molecule has 128 valence electrons. The Hall–Kier alpha value is -0.217. The number of hydrogen-bond donors (Lipinski definition) is 2. The molecule has 0 saturated heterocycles. The molecule has 0 heterocycles. The molecule has 0 saturated carbocycles. The fourth-order valence-electron chi connectivity index (χ4n) is 1.63. The van der Waals surface area contributed by atoms with Gasteiger partial charge in [0.1, 0.15) is 11.5 Å². The summed E-state index contributed by atoms with van der Waals surface area (Å²) in [4.78, 5) is 0. The molecule has 25 heavy (non-hydrogen) atoms. The van der Waals surface area contributed by atoms with Crippen molar-refractivity contribution in [3.63, 3.8) is 0 Å². The summed E-state index contributed by atoms with van der Waals surface area (Å²) in [5.41, 5.74) is 17.8. The van der Waals surface area contributed by atoms with Gasteiger partial charge >= 0.3 is 19.5 Å². The van der Waals surface area contributed by atoms with Gasteiger partial charge in [0.25, 0.3) is 0 Å². The number of phenols is 2. The van der Waals surface area contributed by atoms with Crippen molar-refractivity contribution in [2.75, 3.05) is 0 Å². The van der Waals surface area contributed by atoms with Crippen LogP contribution in [0.3, 0.4) is 0 Å². The van der Waals surface area contributed by atoms with Gasteiger partial charge in [-0.25, -0.2) is 0 Å². The van der Waals surface area contributed by atoms with Crippen LogP contribution in [0.1, 0.15) is 11.1 Å². The van der Waals surface area contributed by atoms with Crippen molar-refractivity contribution < 1.29 is 29.7 Å². The first-order chi connectivity index (χ1) is 11.3. The zero-order chi connectivity index (χ0) is 18.3. The van der Waals surface area contributed by atoms with Gasteiger partial charge in [-0.1, -0.05) is 31.9 Å². The first-order valence-electron chi connectivity index (χ1n) is 6.25. The quantitative estimate of drug-likeness (QED) is 0.278. The van der Waals surface area contributed by atoms with Gasteiger partial charge in [-0.3, -0.25) is 0 Å². The Morgan fingerprint density at radius 3 is 1.32 bits per heavy atom. The standard InChI is InChI=1S/2C7H5Br2N2O.Zn/c2*8-5-1-4(3-11-10)7(12)6(9)2-5;/h2*1-2,12H,3H2;/q2*-1;+2. The number of halogens is 4. The number of nitrogens with zero attached hydrogens (tertiary/aromatic N) is 4. The third kappa shape index (κ3) is 7.91. The minimum absolute atomic E-state index is 0. The van der Waals surface area contributed by atoms with Gasteiger partial charge < -0.3 is 31.5 Å². The zero-order valence-corrected chi connectivity index (χ0v) is 21.9. The van der Waals surface area contributed by atoms with Crippen LogP contribution in [0.25, 0.3) is 11.1 Å². The van der Waals surface area contributed by atoms with Crippen LogP contribution >= 0.6 is 63.7 Å². The predicted molar refractivity (Wildman–Crippen MR) is 106 cm³/mol. The SMILES string of the molecule is [N-]=NCc1cc(Br)cc(Br)c1O.[N-]=NCc1cc(Br)cc(Br)c1O.[Zn+2]. The third-order valence-electron chi connectivity index (χ3n) is 2.70. The van der Waals surface area contributed by atoms with E-state index in [1.807, 2.05) is 0 Å². The zero-order valence-electron chi connectivity index (χ0n) is 12.6. The van der Waals surface area contributed by atoms with E-state index in [-0.39, 0.29) is 44.1 Å². The summed E-state index contributed by atoms with van der Waals surface area (Å²) in [7, 11) is 0. The molecule has 0 fully saturated rings. The summed E-state index contributed by atoms with van der Waals surface area (Å²) < 4.78 is 2.81. The molecule has 0 amide bonds. The molecule has 0 aliphatic carbocycles. The molecule has 0 radical (unpaired) electrons. The maximum Gasteiger partial charge on any atom is 2.00 e. The second-order valence-corrected chi connectivity index (χ2v) is 7.93. The van der Waals surface area contributed by atoms with E-state index in [9.17, 15) is 10.2 Å². The largest absolute Gasteiger partial charge is 2.00 e. The van der Waals surface area contributed by atoms with Gasteiger partial charge in [-0.15, -0.1) is 0 Å². The number of aromatic hydroxyl groups is 2. The first-order valence-corrected chi connectivity index (χ1v) is 9.42. The van der Waals surface area contributed by atoms with E-state index in [1.54, 1.807) is 24.3 Å². The van der Waals surface area contributed by atoms with E-state index in [4.69, 9.17) is 11.1 Å². The van der Waals surface area contributed by atoms with Crippen molar-refractivity contribution in [1.82, 2.24) is 0 Å². The molecule has 0 aliphatic heterocycles. The topological polar surface area (TPSA) is 110 Å². The van der Waals surface area contributed by atoms with Crippen molar-refractivity contribution >= 4 is 63.7 Å². The molecule has 11 heteroatoms. The van der Waals surface area contributed by atoms with Crippen LogP contribution in [0.5, 0.6) is 11.5 Å². The van der Waals surface area contributed by atoms with Gasteiger partial charge in [-0.2, -0.15) is 0 Å². The van der Waals surface area contributed by atoms with Crippen molar-refractivity contribution in [3.05, 3.63) is 64.3 Å². The van der Waals surface area contributed by atoms with Crippen LogP contribution in [-0.4, -0.2) is 10.2 Å². The molecule has 0 spiro atoms. The average molecular weight is 651 g/mol. The van der Waals surface area contributed by atoms with Gasteiger partial charge in [0.15, 0.2) is 0 Å². The van der Waals surface area contributed by atoms with E-state index in [1.165, 1.54) is 0 Å². The van der Waals surface area contributed by atoms with Crippen molar-refractivity contribution in [1.29, 1.82) is 0 Å². The predicted octanol–water partition coefficient (Wildman–Crippen LogP) is 6.88. The van der Waals surface area contributed by atoms with Crippen molar-refractivity contribution in [2.24, 2.45) is 10.2 Å². The van der Waals surface area contributed by atoms with Crippen molar-refractivity contribution in [2.45, 2.75) is 13.1 Å². The van der Waals surface area contributed by atoms with Gasteiger partial charge in [0.05, 0.1) is 8.95 Å². The van der Waals surface area contributed by atoms with E-state index in [0.717, 1.165) is 8.95 Å². The molecule has 0 bridgehead atoms. The molecule has 0 unspecified atom stereocenters. The van der Waals surface area contributed by atoms with E-state index < -0.39 is 0 Å². The molecule has 0 atom stereocenters. The summed E-state index contributed by atoms with van der Waals surface area (Å²) in [6, 6.07) is 6.83. The fraction of sp³-hybridized carbons (Fsp3) is 0.143. The number of rotatable bonds is 4. The molecule has 0 aromatic heterocycles. The Bertz CT molecular complexity index is 699. The minimum Gasteiger partial charge on any atom is -0.712 e.